The molecule has 94 valence electrons. The van der Waals surface area contributed by atoms with Crippen molar-refractivity contribution in [1.29, 1.82) is 0 Å². The van der Waals surface area contributed by atoms with Crippen molar-refractivity contribution in [2.45, 2.75) is 33.7 Å². The molecule has 1 rings (SSSR count). The maximum absolute atomic E-state index is 10.8. The summed E-state index contributed by atoms with van der Waals surface area (Å²) in [5.41, 5.74) is 0.0470. The highest BCUT2D eigenvalue weighted by Gasteiger charge is 2.25. The predicted octanol–water partition coefficient (Wildman–Crippen LogP) is 2.05. The van der Waals surface area contributed by atoms with Gasteiger partial charge in [0.1, 0.15) is 5.82 Å². The fourth-order valence-electron chi connectivity index (χ4n) is 1.41. The summed E-state index contributed by atoms with van der Waals surface area (Å²) in [5, 5.41) is 8.87. The Morgan fingerprint density at radius 2 is 2.00 bits per heavy atom. The minimum absolute atomic E-state index is 0.0320. The summed E-state index contributed by atoms with van der Waals surface area (Å²) < 4.78 is 0. The van der Waals surface area contributed by atoms with Crippen molar-refractivity contribution in [3.05, 3.63) is 18.1 Å². The molecule has 0 saturated heterocycles. The number of rotatable bonds is 3. The highest BCUT2D eigenvalue weighted by molar-refractivity contribution is 5.85. The van der Waals surface area contributed by atoms with Crippen LogP contribution in [0.15, 0.2) is 12.4 Å². The second kappa shape index (κ2) is 4.69. The summed E-state index contributed by atoms with van der Waals surface area (Å²) in [6.07, 6.45) is 2.83. The number of carboxylic acids is 1. The standard InChI is InChI=1S/C12H19N3O2/c1-8(12(2,3)4)15(5)10-7-13-6-9(14-10)11(16)17/h6-8H,1-5H3,(H,16,17). The van der Waals surface area contributed by atoms with E-state index in [9.17, 15) is 4.79 Å². The largest absolute Gasteiger partial charge is 0.476 e. The van der Waals surface area contributed by atoms with Crippen LogP contribution in [0.25, 0.3) is 0 Å². The van der Waals surface area contributed by atoms with Gasteiger partial charge in [0.15, 0.2) is 5.69 Å². The summed E-state index contributed by atoms with van der Waals surface area (Å²) in [5.74, 6) is -0.483. The van der Waals surface area contributed by atoms with Crippen molar-refractivity contribution in [1.82, 2.24) is 9.97 Å². The minimum Gasteiger partial charge on any atom is -0.476 e. The first kappa shape index (κ1) is 13.4. The lowest BCUT2D eigenvalue weighted by Crippen LogP contribution is -2.40. The van der Waals surface area contributed by atoms with Crippen LogP contribution in [0.3, 0.4) is 0 Å². The first-order valence-corrected chi connectivity index (χ1v) is 5.51. The summed E-state index contributed by atoms with van der Waals surface area (Å²) >= 11 is 0. The fraction of sp³-hybridized carbons (Fsp3) is 0.583. The molecule has 0 fully saturated rings. The van der Waals surface area contributed by atoms with E-state index in [1.54, 1.807) is 6.20 Å². The monoisotopic (exact) mass is 237 g/mol. The molecule has 1 N–H and O–H groups in total. The molecule has 0 saturated carbocycles. The van der Waals surface area contributed by atoms with Gasteiger partial charge >= 0.3 is 5.97 Å². The lowest BCUT2D eigenvalue weighted by Gasteiger charge is -2.35. The van der Waals surface area contributed by atoms with E-state index in [1.165, 1.54) is 6.20 Å². The fourth-order valence-corrected chi connectivity index (χ4v) is 1.41. The van der Waals surface area contributed by atoms with Gasteiger partial charge < -0.3 is 10.0 Å². The molecular formula is C12H19N3O2. The number of aromatic carboxylic acids is 1. The molecule has 5 heteroatoms. The van der Waals surface area contributed by atoms with Crippen LogP contribution >= 0.6 is 0 Å². The van der Waals surface area contributed by atoms with Gasteiger partial charge in [0.05, 0.1) is 12.4 Å². The van der Waals surface area contributed by atoms with Crippen molar-refractivity contribution >= 4 is 11.8 Å². The highest BCUT2D eigenvalue weighted by Crippen LogP contribution is 2.25. The van der Waals surface area contributed by atoms with Crippen LogP contribution in [-0.4, -0.2) is 34.1 Å². The smallest absolute Gasteiger partial charge is 0.356 e. The Morgan fingerprint density at radius 3 is 2.47 bits per heavy atom. The van der Waals surface area contributed by atoms with Gasteiger partial charge in [-0.05, 0) is 12.3 Å². The zero-order chi connectivity index (χ0) is 13.2. The molecule has 0 aliphatic carbocycles. The summed E-state index contributed by atoms with van der Waals surface area (Å²) in [4.78, 5) is 20.7. The van der Waals surface area contributed by atoms with Gasteiger partial charge in [-0.1, -0.05) is 20.8 Å². The van der Waals surface area contributed by atoms with Crippen LogP contribution in [0.2, 0.25) is 0 Å². The number of carboxylic acid groups (broad SMARTS) is 1. The topological polar surface area (TPSA) is 66.3 Å². The molecule has 1 unspecified atom stereocenters. The molecule has 1 aromatic rings. The number of aromatic nitrogens is 2. The molecule has 0 radical (unpaired) electrons. The third-order valence-electron chi connectivity index (χ3n) is 3.04. The average molecular weight is 237 g/mol. The Balaban J connectivity index is 3.00. The van der Waals surface area contributed by atoms with Gasteiger partial charge in [0, 0.05) is 13.1 Å². The maximum atomic E-state index is 10.8. The molecule has 0 aliphatic heterocycles. The molecule has 1 aromatic heterocycles. The summed E-state index contributed by atoms with van der Waals surface area (Å²) in [6.45, 7) is 8.46. The van der Waals surface area contributed by atoms with Crippen molar-refractivity contribution in [3.8, 4) is 0 Å². The predicted molar refractivity (Wildman–Crippen MR) is 66.3 cm³/mol. The van der Waals surface area contributed by atoms with Gasteiger partial charge in [0.2, 0.25) is 0 Å². The van der Waals surface area contributed by atoms with E-state index in [4.69, 9.17) is 5.11 Å². The van der Waals surface area contributed by atoms with Crippen LogP contribution in [0.5, 0.6) is 0 Å². The molecule has 0 aliphatic rings. The number of anilines is 1. The Labute approximate surface area is 102 Å². The summed E-state index contributed by atoms with van der Waals surface area (Å²) in [6, 6.07) is 0.223. The van der Waals surface area contributed by atoms with Crippen LogP contribution in [0.1, 0.15) is 38.2 Å². The second-order valence-electron chi connectivity index (χ2n) is 5.22. The zero-order valence-corrected chi connectivity index (χ0v) is 10.9. The first-order chi connectivity index (χ1) is 7.73. The Bertz CT molecular complexity index is 412. The quantitative estimate of drug-likeness (QED) is 0.871. The summed E-state index contributed by atoms with van der Waals surface area (Å²) in [7, 11) is 1.89. The van der Waals surface area contributed by atoms with E-state index in [0.717, 1.165) is 0 Å². The molecule has 0 amide bonds. The Morgan fingerprint density at radius 1 is 1.41 bits per heavy atom. The van der Waals surface area contributed by atoms with E-state index in [2.05, 4.69) is 37.7 Å². The molecule has 0 bridgehead atoms. The molecule has 5 nitrogen and oxygen atoms in total. The second-order valence-corrected chi connectivity index (χ2v) is 5.22. The third kappa shape index (κ3) is 3.15. The lowest BCUT2D eigenvalue weighted by atomic mass is 9.87. The SMILES string of the molecule is CC(N(C)c1cncc(C(=O)O)n1)C(C)(C)C. The molecule has 0 spiro atoms. The molecule has 0 aromatic carbocycles. The van der Waals surface area contributed by atoms with Gasteiger partial charge in [-0.15, -0.1) is 0 Å². The van der Waals surface area contributed by atoms with Crippen molar-refractivity contribution in [2.75, 3.05) is 11.9 Å². The number of carbonyl (C=O) groups is 1. The van der Waals surface area contributed by atoms with E-state index in [1.807, 2.05) is 11.9 Å². The van der Waals surface area contributed by atoms with Crippen LogP contribution in [-0.2, 0) is 0 Å². The van der Waals surface area contributed by atoms with Crippen LogP contribution < -0.4 is 4.90 Å². The zero-order valence-electron chi connectivity index (χ0n) is 10.9. The Kier molecular flexibility index (Phi) is 3.70. The number of nitrogens with zero attached hydrogens (tertiary/aromatic N) is 3. The molecule has 17 heavy (non-hydrogen) atoms. The molecule has 1 atom stereocenters. The normalized spacial score (nSPS) is 13.2. The van der Waals surface area contributed by atoms with Crippen molar-refractivity contribution < 1.29 is 9.90 Å². The Hall–Kier alpha value is -1.65. The van der Waals surface area contributed by atoms with Gasteiger partial charge in [0.25, 0.3) is 0 Å². The van der Waals surface area contributed by atoms with Gasteiger partial charge in [-0.2, -0.15) is 0 Å². The minimum atomic E-state index is -1.06. The van der Waals surface area contributed by atoms with Crippen molar-refractivity contribution in [3.63, 3.8) is 0 Å². The highest BCUT2D eigenvalue weighted by atomic mass is 16.4. The van der Waals surface area contributed by atoms with Gasteiger partial charge in [-0.25, -0.2) is 9.78 Å². The molecular weight excluding hydrogens is 218 g/mol. The maximum Gasteiger partial charge on any atom is 0.356 e. The van der Waals surface area contributed by atoms with Crippen LogP contribution in [0, 0.1) is 5.41 Å². The number of hydrogen-bond acceptors (Lipinski definition) is 4. The van der Waals surface area contributed by atoms with E-state index >= 15 is 0 Å². The van der Waals surface area contributed by atoms with Gasteiger partial charge in [-0.3, -0.25) is 4.98 Å². The third-order valence-corrected chi connectivity index (χ3v) is 3.04. The number of hydrogen-bond donors (Lipinski definition) is 1. The molecule has 1 heterocycles. The average Bonchev–Trinajstić information content (AvgIpc) is 2.26. The van der Waals surface area contributed by atoms with E-state index in [0.29, 0.717) is 5.82 Å². The van der Waals surface area contributed by atoms with E-state index in [-0.39, 0.29) is 17.2 Å². The first-order valence-electron chi connectivity index (χ1n) is 5.51. The van der Waals surface area contributed by atoms with Crippen LogP contribution in [0.4, 0.5) is 5.82 Å². The lowest BCUT2D eigenvalue weighted by molar-refractivity contribution is 0.0690. The van der Waals surface area contributed by atoms with Crippen molar-refractivity contribution in [2.24, 2.45) is 5.41 Å². The van der Waals surface area contributed by atoms with E-state index < -0.39 is 5.97 Å².